The zero-order valence-corrected chi connectivity index (χ0v) is 11.4. The Hall–Kier alpha value is 0.230. The Morgan fingerprint density at radius 3 is 2.19 bits per heavy atom. The molecule has 2 heterocycles. The van der Waals surface area contributed by atoms with Crippen LogP contribution < -0.4 is 5.32 Å². The van der Waals surface area contributed by atoms with Crippen molar-refractivity contribution in [2.24, 2.45) is 0 Å². The van der Waals surface area contributed by atoms with Crippen LogP contribution in [0.1, 0.15) is 13.8 Å². The predicted octanol–water partition coefficient (Wildman–Crippen LogP) is 0.717. The predicted molar refractivity (Wildman–Crippen MR) is 72.3 cm³/mol. The quantitative estimate of drug-likeness (QED) is 0.787. The minimum atomic E-state index is 0.812. The van der Waals surface area contributed by atoms with Crippen LogP contribution in [-0.4, -0.2) is 72.7 Å². The van der Waals surface area contributed by atoms with Gasteiger partial charge in [-0.25, -0.2) is 0 Å². The first-order chi connectivity index (χ1) is 7.74. The van der Waals surface area contributed by atoms with Crippen molar-refractivity contribution >= 4 is 11.8 Å². The van der Waals surface area contributed by atoms with Gasteiger partial charge < -0.3 is 5.32 Å². The van der Waals surface area contributed by atoms with Gasteiger partial charge in [0, 0.05) is 62.9 Å². The molecule has 16 heavy (non-hydrogen) atoms. The number of hydrogen-bond donors (Lipinski definition) is 1. The average molecular weight is 243 g/mol. The molecule has 94 valence electrons. The van der Waals surface area contributed by atoms with Crippen molar-refractivity contribution in [2.45, 2.75) is 24.3 Å². The minimum absolute atomic E-state index is 0.812. The first kappa shape index (κ1) is 12.7. The van der Waals surface area contributed by atoms with Gasteiger partial charge in [0.25, 0.3) is 0 Å². The van der Waals surface area contributed by atoms with E-state index in [1.165, 1.54) is 52.4 Å². The number of nitrogens with zero attached hydrogens (tertiary/aromatic N) is 2. The van der Waals surface area contributed by atoms with Crippen molar-refractivity contribution in [1.82, 2.24) is 15.1 Å². The van der Waals surface area contributed by atoms with Gasteiger partial charge in [-0.1, -0.05) is 13.8 Å². The highest BCUT2D eigenvalue weighted by atomic mass is 32.2. The summed E-state index contributed by atoms with van der Waals surface area (Å²) in [5, 5.41) is 5.03. The smallest absolute Gasteiger partial charge is 0.0149 e. The normalized spacial score (nSPS) is 34.1. The van der Waals surface area contributed by atoms with Gasteiger partial charge in [0.2, 0.25) is 0 Å². The third kappa shape index (κ3) is 3.91. The Morgan fingerprint density at radius 2 is 1.56 bits per heavy atom. The molecule has 0 aromatic carbocycles. The summed E-state index contributed by atoms with van der Waals surface area (Å²) >= 11 is 2.14. The molecule has 2 aliphatic rings. The molecule has 0 aromatic rings. The van der Waals surface area contributed by atoms with E-state index in [0.29, 0.717) is 0 Å². The van der Waals surface area contributed by atoms with Crippen LogP contribution in [0.5, 0.6) is 0 Å². The fourth-order valence-electron chi connectivity index (χ4n) is 2.68. The number of nitrogens with one attached hydrogen (secondary N) is 1. The third-order valence-electron chi connectivity index (χ3n) is 3.44. The lowest BCUT2D eigenvalue weighted by Crippen LogP contribution is -2.48. The molecule has 4 heteroatoms. The maximum Gasteiger partial charge on any atom is 0.0149 e. The van der Waals surface area contributed by atoms with E-state index in [4.69, 9.17) is 0 Å². The van der Waals surface area contributed by atoms with Crippen LogP contribution in [-0.2, 0) is 0 Å². The van der Waals surface area contributed by atoms with Crippen LogP contribution in [0.3, 0.4) is 0 Å². The third-order valence-corrected chi connectivity index (χ3v) is 4.66. The summed E-state index contributed by atoms with van der Waals surface area (Å²) in [7, 11) is 0. The highest BCUT2D eigenvalue weighted by molar-refractivity contribution is 8.00. The van der Waals surface area contributed by atoms with Crippen molar-refractivity contribution in [3.05, 3.63) is 0 Å². The summed E-state index contributed by atoms with van der Waals surface area (Å²) in [5.74, 6) is 0. The minimum Gasteiger partial charge on any atom is -0.314 e. The van der Waals surface area contributed by atoms with Crippen LogP contribution in [0, 0.1) is 0 Å². The highest BCUT2D eigenvalue weighted by Gasteiger charge is 2.22. The molecular formula is C12H25N3S. The number of thioether (sulfide) groups is 1. The van der Waals surface area contributed by atoms with E-state index in [1.54, 1.807) is 0 Å². The molecule has 3 nitrogen and oxygen atoms in total. The standard InChI is InChI=1S/C12H25N3S/c1-11-9-15(10-12(2)16-11)8-7-14-5-3-13-4-6-14/h11-13H,3-10H2,1-2H3. The molecule has 0 aliphatic carbocycles. The molecule has 0 saturated carbocycles. The molecule has 0 amide bonds. The summed E-state index contributed by atoms with van der Waals surface area (Å²) in [6.45, 7) is 14.6. The fraction of sp³-hybridized carbons (Fsp3) is 1.00. The van der Waals surface area contributed by atoms with Crippen LogP contribution >= 0.6 is 11.8 Å². The lowest BCUT2D eigenvalue weighted by Gasteiger charge is -2.36. The van der Waals surface area contributed by atoms with Crippen molar-refractivity contribution in [1.29, 1.82) is 0 Å². The van der Waals surface area contributed by atoms with E-state index in [9.17, 15) is 0 Å². The topological polar surface area (TPSA) is 18.5 Å². The molecule has 2 rings (SSSR count). The molecule has 1 N–H and O–H groups in total. The second-order valence-electron chi connectivity index (χ2n) is 5.11. The zero-order chi connectivity index (χ0) is 11.4. The zero-order valence-electron chi connectivity index (χ0n) is 10.6. The summed E-state index contributed by atoms with van der Waals surface area (Å²) in [6, 6.07) is 0. The summed E-state index contributed by atoms with van der Waals surface area (Å²) in [6.07, 6.45) is 0. The van der Waals surface area contributed by atoms with E-state index in [1.807, 2.05) is 0 Å². The largest absolute Gasteiger partial charge is 0.314 e. The Bertz CT molecular complexity index is 196. The summed E-state index contributed by atoms with van der Waals surface area (Å²) in [4.78, 5) is 5.24. The first-order valence-corrected chi connectivity index (χ1v) is 7.49. The Balaban J connectivity index is 1.68. The van der Waals surface area contributed by atoms with Crippen molar-refractivity contribution in [3.63, 3.8) is 0 Å². The maximum atomic E-state index is 3.41. The van der Waals surface area contributed by atoms with E-state index in [2.05, 4.69) is 40.7 Å². The molecular weight excluding hydrogens is 218 g/mol. The van der Waals surface area contributed by atoms with Gasteiger partial charge in [0.05, 0.1) is 0 Å². The lowest BCUT2D eigenvalue weighted by molar-refractivity contribution is 0.187. The molecule has 0 spiro atoms. The van der Waals surface area contributed by atoms with Gasteiger partial charge in [0.1, 0.15) is 0 Å². The number of hydrogen-bond acceptors (Lipinski definition) is 4. The average Bonchev–Trinajstić information content (AvgIpc) is 2.27. The number of piperazine rings is 1. The second-order valence-corrected chi connectivity index (χ2v) is 6.99. The van der Waals surface area contributed by atoms with E-state index >= 15 is 0 Å². The van der Waals surface area contributed by atoms with Crippen molar-refractivity contribution in [2.75, 3.05) is 52.4 Å². The number of rotatable bonds is 3. The van der Waals surface area contributed by atoms with Crippen LogP contribution in [0.15, 0.2) is 0 Å². The molecule has 2 fully saturated rings. The van der Waals surface area contributed by atoms with E-state index < -0.39 is 0 Å². The molecule has 0 radical (unpaired) electrons. The SMILES string of the molecule is CC1CN(CCN2CCNCC2)CC(C)S1. The molecule has 2 aliphatic heterocycles. The monoisotopic (exact) mass is 243 g/mol. The van der Waals surface area contributed by atoms with Gasteiger partial charge in [-0.15, -0.1) is 0 Å². The lowest BCUT2D eigenvalue weighted by atomic mass is 10.3. The van der Waals surface area contributed by atoms with Crippen molar-refractivity contribution in [3.8, 4) is 0 Å². The Kier molecular flexibility index (Phi) is 4.95. The Labute approximate surface area is 104 Å². The maximum absolute atomic E-state index is 3.41. The molecule has 2 saturated heterocycles. The van der Waals surface area contributed by atoms with Crippen LogP contribution in [0.25, 0.3) is 0 Å². The van der Waals surface area contributed by atoms with E-state index in [0.717, 1.165) is 10.5 Å². The van der Waals surface area contributed by atoms with Crippen LogP contribution in [0.2, 0.25) is 0 Å². The fourth-order valence-corrected chi connectivity index (χ4v) is 4.07. The van der Waals surface area contributed by atoms with Gasteiger partial charge in [-0.2, -0.15) is 11.8 Å². The van der Waals surface area contributed by atoms with Gasteiger partial charge in [-0.3, -0.25) is 9.80 Å². The molecule has 0 bridgehead atoms. The van der Waals surface area contributed by atoms with Gasteiger partial charge in [0.15, 0.2) is 0 Å². The van der Waals surface area contributed by atoms with Gasteiger partial charge in [-0.05, 0) is 0 Å². The molecule has 2 unspecified atom stereocenters. The first-order valence-electron chi connectivity index (χ1n) is 6.55. The van der Waals surface area contributed by atoms with E-state index in [-0.39, 0.29) is 0 Å². The molecule has 2 atom stereocenters. The van der Waals surface area contributed by atoms with Crippen LogP contribution in [0.4, 0.5) is 0 Å². The highest BCUT2D eigenvalue weighted by Crippen LogP contribution is 2.24. The summed E-state index contributed by atoms with van der Waals surface area (Å²) in [5.41, 5.74) is 0. The molecule has 0 aromatic heterocycles. The second kappa shape index (κ2) is 6.24. The van der Waals surface area contributed by atoms with Gasteiger partial charge >= 0.3 is 0 Å². The summed E-state index contributed by atoms with van der Waals surface area (Å²) < 4.78 is 0. The van der Waals surface area contributed by atoms with Crippen molar-refractivity contribution < 1.29 is 0 Å². The Morgan fingerprint density at radius 1 is 1.00 bits per heavy atom.